The first-order valence-corrected chi connectivity index (χ1v) is 8.36. The van der Waals surface area contributed by atoms with Crippen molar-refractivity contribution in [2.45, 2.75) is 19.8 Å². The Morgan fingerprint density at radius 2 is 1.81 bits per heavy atom. The molecular formula is C15H19NO4S. The lowest BCUT2D eigenvalue weighted by atomic mass is 9.99. The van der Waals surface area contributed by atoms with Crippen molar-refractivity contribution in [3.63, 3.8) is 0 Å². The zero-order valence-corrected chi connectivity index (χ0v) is 12.7. The van der Waals surface area contributed by atoms with E-state index in [1.54, 1.807) is 6.08 Å². The average Bonchev–Trinajstić information content (AvgIpc) is 2.47. The van der Waals surface area contributed by atoms with Crippen molar-refractivity contribution in [2.75, 3.05) is 13.1 Å². The van der Waals surface area contributed by atoms with Crippen LogP contribution in [0.25, 0.3) is 6.08 Å². The van der Waals surface area contributed by atoms with Crippen LogP contribution in [-0.4, -0.2) is 36.9 Å². The maximum absolute atomic E-state index is 12.2. The van der Waals surface area contributed by atoms with Gasteiger partial charge >= 0.3 is 5.97 Å². The van der Waals surface area contributed by atoms with Gasteiger partial charge in [-0.2, -0.15) is 4.31 Å². The lowest BCUT2D eigenvalue weighted by Crippen LogP contribution is -2.39. The van der Waals surface area contributed by atoms with Crippen molar-refractivity contribution >= 4 is 22.1 Å². The van der Waals surface area contributed by atoms with Gasteiger partial charge in [-0.05, 0) is 31.4 Å². The van der Waals surface area contributed by atoms with Gasteiger partial charge in [-0.15, -0.1) is 0 Å². The van der Waals surface area contributed by atoms with Gasteiger partial charge in [0, 0.05) is 18.5 Å². The summed E-state index contributed by atoms with van der Waals surface area (Å²) in [6.45, 7) is 2.49. The molecule has 0 atom stereocenters. The number of hydrogen-bond donors (Lipinski definition) is 1. The van der Waals surface area contributed by atoms with Gasteiger partial charge in [0.05, 0.1) is 5.92 Å². The van der Waals surface area contributed by atoms with Gasteiger partial charge in [-0.1, -0.05) is 29.8 Å². The van der Waals surface area contributed by atoms with Crippen LogP contribution in [0.15, 0.2) is 29.7 Å². The predicted molar refractivity (Wildman–Crippen MR) is 81.1 cm³/mol. The molecule has 0 amide bonds. The van der Waals surface area contributed by atoms with E-state index < -0.39 is 21.9 Å². The third kappa shape index (κ3) is 4.15. The minimum atomic E-state index is -3.48. The Hall–Kier alpha value is -1.66. The molecule has 1 heterocycles. The quantitative estimate of drug-likeness (QED) is 0.924. The molecule has 2 rings (SSSR count). The van der Waals surface area contributed by atoms with Crippen LogP contribution in [0.2, 0.25) is 0 Å². The molecule has 6 heteroatoms. The summed E-state index contributed by atoms with van der Waals surface area (Å²) in [6.07, 6.45) is 2.30. The number of carbonyl (C=O) groups is 1. The molecule has 1 aromatic carbocycles. The summed E-state index contributed by atoms with van der Waals surface area (Å²) in [7, 11) is -3.48. The number of sulfonamides is 1. The number of benzene rings is 1. The summed E-state index contributed by atoms with van der Waals surface area (Å²) in [6, 6.07) is 7.56. The zero-order chi connectivity index (χ0) is 15.5. The van der Waals surface area contributed by atoms with Crippen LogP contribution in [0.1, 0.15) is 24.0 Å². The largest absolute Gasteiger partial charge is 0.481 e. The molecule has 1 aliphatic heterocycles. The van der Waals surface area contributed by atoms with Gasteiger partial charge in [-0.25, -0.2) is 8.42 Å². The lowest BCUT2D eigenvalue weighted by Gasteiger charge is -2.28. The van der Waals surface area contributed by atoms with Crippen LogP contribution in [0.5, 0.6) is 0 Å². The zero-order valence-electron chi connectivity index (χ0n) is 11.9. The molecule has 0 unspecified atom stereocenters. The molecule has 1 aromatic rings. The summed E-state index contributed by atoms with van der Waals surface area (Å²) >= 11 is 0. The standard InChI is InChI=1S/C15H19NO4S/c1-12-2-4-13(5-3-12)8-11-21(19,20)16-9-6-14(7-10-16)15(17)18/h2-5,8,11,14H,6-7,9-10H2,1H3,(H,17,18)/b11-8+. The fraction of sp³-hybridized carbons (Fsp3) is 0.400. The molecule has 1 saturated heterocycles. The fourth-order valence-electron chi connectivity index (χ4n) is 2.29. The molecule has 0 spiro atoms. The second-order valence-electron chi connectivity index (χ2n) is 5.27. The van der Waals surface area contributed by atoms with E-state index in [0.29, 0.717) is 12.8 Å². The molecule has 21 heavy (non-hydrogen) atoms. The van der Waals surface area contributed by atoms with Crippen LogP contribution >= 0.6 is 0 Å². The number of piperidine rings is 1. The van der Waals surface area contributed by atoms with E-state index in [-0.39, 0.29) is 13.1 Å². The fourth-order valence-corrected chi connectivity index (χ4v) is 3.51. The SMILES string of the molecule is Cc1ccc(/C=C/S(=O)(=O)N2CCC(C(=O)O)CC2)cc1. The Balaban J connectivity index is 2.02. The summed E-state index contributed by atoms with van der Waals surface area (Å²) in [5.41, 5.74) is 1.94. The van der Waals surface area contributed by atoms with Crippen LogP contribution in [-0.2, 0) is 14.8 Å². The molecule has 0 aromatic heterocycles. The molecule has 114 valence electrons. The molecule has 0 saturated carbocycles. The molecule has 1 N–H and O–H groups in total. The number of aryl methyl sites for hydroxylation is 1. The van der Waals surface area contributed by atoms with Crippen molar-refractivity contribution < 1.29 is 18.3 Å². The Morgan fingerprint density at radius 3 is 2.33 bits per heavy atom. The topological polar surface area (TPSA) is 74.7 Å². The Kier molecular flexibility index (Phi) is 4.80. The lowest BCUT2D eigenvalue weighted by molar-refractivity contribution is -0.142. The minimum absolute atomic E-state index is 0.261. The van der Waals surface area contributed by atoms with Gasteiger partial charge in [0.1, 0.15) is 0 Å². The average molecular weight is 309 g/mol. The van der Waals surface area contributed by atoms with Crippen molar-refractivity contribution in [1.82, 2.24) is 4.31 Å². The highest BCUT2D eigenvalue weighted by Gasteiger charge is 2.29. The minimum Gasteiger partial charge on any atom is -0.481 e. The molecule has 0 radical (unpaired) electrons. The normalized spacial score (nSPS) is 18.1. The number of carboxylic acid groups (broad SMARTS) is 1. The van der Waals surface area contributed by atoms with Gasteiger partial charge in [0.25, 0.3) is 0 Å². The number of aliphatic carboxylic acids is 1. The second-order valence-corrected chi connectivity index (χ2v) is 7.09. The van der Waals surface area contributed by atoms with Gasteiger partial charge < -0.3 is 5.11 Å². The van der Waals surface area contributed by atoms with Gasteiger partial charge in [0.15, 0.2) is 0 Å². The molecule has 5 nitrogen and oxygen atoms in total. The number of hydrogen-bond acceptors (Lipinski definition) is 3. The maximum atomic E-state index is 12.2. The molecular weight excluding hydrogens is 290 g/mol. The monoisotopic (exact) mass is 309 g/mol. The van der Waals surface area contributed by atoms with Crippen molar-refractivity contribution in [3.05, 3.63) is 40.8 Å². The van der Waals surface area contributed by atoms with Crippen molar-refractivity contribution in [1.29, 1.82) is 0 Å². The number of nitrogens with zero attached hydrogens (tertiary/aromatic N) is 1. The third-order valence-electron chi connectivity index (χ3n) is 3.67. The highest BCUT2D eigenvalue weighted by Crippen LogP contribution is 2.20. The van der Waals surface area contributed by atoms with E-state index in [1.807, 2.05) is 31.2 Å². The van der Waals surface area contributed by atoms with Crippen LogP contribution in [0.3, 0.4) is 0 Å². The summed E-state index contributed by atoms with van der Waals surface area (Å²) < 4.78 is 25.7. The van der Waals surface area contributed by atoms with Crippen molar-refractivity contribution in [2.24, 2.45) is 5.92 Å². The van der Waals surface area contributed by atoms with E-state index in [9.17, 15) is 13.2 Å². The summed E-state index contributed by atoms with van der Waals surface area (Å²) in [5.74, 6) is -1.28. The van der Waals surface area contributed by atoms with E-state index in [1.165, 1.54) is 9.71 Å². The van der Waals surface area contributed by atoms with Crippen LogP contribution in [0, 0.1) is 12.8 Å². The second kappa shape index (κ2) is 6.41. The van der Waals surface area contributed by atoms with Crippen LogP contribution < -0.4 is 0 Å². The first-order chi connectivity index (χ1) is 9.88. The van der Waals surface area contributed by atoms with E-state index in [4.69, 9.17) is 5.11 Å². The van der Waals surface area contributed by atoms with E-state index >= 15 is 0 Å². The van der Waals surface area contributed by atoms with Crippen LogP contribution in [0.4, 0.5) is 0 Å². The number of carboxylic acids is 1. The summed E-state index contributed by atoms with van der Waals surface area (Å²) in [5, 5.41) is 10.1. The van der Waals surface area contributed by atoms with E-state index in [0.717, 1.165) is 11.1 Å². The third-order valence-corrected chi connectivity index (χ3v) is 5.24. The Bertz CT molecular complexity index is 626. The van der Waals surface area contributed by atoms with Crippen molar-refractivity contribution in [3.8, 4) is 0 Å². The highest BCUT2D eigenvalue weighted by atomic mass is 32.2. The predicted octanol–water partition coefficient (Wildman–Crippen LogP) is 2.09. The Morgan fingerprint density at radius 1 is 1.24 bits per heavy atom. The number of rotatable bonds is 4. The highest BCUT2D eigenvalue weighted by molar-refractivity contribution is 7.92. The molecule has 1 aliphatic rings. The molecule has 0 aliphatic carbocycles. The molecule has 1 fully saturated rings. The smallest absolute Gasteiger partial charge is 0.306 e. The molecule has 0 bridgehead atoms. The summed E-state index contributed by atoms with van der Waals surface area (Å²) in [4.78, 5) is 10.9. The van der Waals surface area contributed by atoms with Gasteiger partial charge in [0.2, 0.25) is 10.0 Å². The maximum Gasteiger partial charge on any atom is 0.306 e. The Labute approximate surface area is 124 Å². The van der Waals surface area contributed by atoms with E-state index in [2.05, 4.69) is 0 Å². The van der Waals surface area contributed by atoms with Gasteiger partial charge in [-0.3, -0.25) is 4.79 Å². The first kappa shape index (κ1) is 15.7. The first-order valence-electron chi connectivity index (χ1n) is 6.86.